The minimum atomic E-state index is -0.730. The molecular formula is C23H22FN5O3. The zero-order valence-electron chi connectivity index (χ0n) is 17.6. The van der Waals surface area contributed by atoms with Crippen LogP contribution in [0.5, 0.6) is 11.5 Å². The van der Waals surface area contributed by atoms with E-state index in [9.17, 15) is 9.18 Å². The van der Waals surface area contributed by atoms with Crippen LogP contribution in [0.4, 0.5) is 16.3 Å². The fraction of sp³-hybridized carbons (Fsp3) is 0.261. The van der Waals surface area contributed by atoms with Crippen molar-refractivity contribution in [2.75, 3.05) is 25.3 Å². The first-order valence-corrected chi connectivity index (χ1v) is 10.2. The van der Waals surface area contributed by atoms with Crippen LogP contribution in [-0.4, -0.2) is 34.8 Å². The Morgan fingerprint density at radius 2 is 1.91 bits per heavy atom. The summed E-state index contributed by atoms with van der Waals surface area (Å²) in [6, 6.07) is 11.3. The molecule has 9 heteroatoms. The lowest BCUT2D eigenvalue weighted by Gasteiger charge is -2.35. The number of methoxy groups -OCH3 is 2. The zero-order chi connectivity index (χ0) is 22.4. The number of fused-ring (bicyclic) bond motifs is 1. The van der Waals surface area contributed by atoms with Gasteiger partial charge in [-0.1, -0.05) is 24.3 Å². The molecule has 2 aromatic carbocycles. The average molecular weight is 435 g/mol. The van der Waals surface area contributed by atoms with Crippen molar-refractivity contribution in [3.63, 3.8) is 0 Å². The first kappa shape index (κ1) is 20.0. The van der Waals surface area contributed by atoms with Crippen LogP contribution in [-0.2, 0) is 4.79 Å². The lowest BCUT2D eigenvalue weighted by Crippen LogP contribution is -2.34. The summed E-state index contributed by atoms with van der Waals surface area (Å²) in [5.41, 5.74) is 8.33. The van der Waals surface area contributed by atoms with Gasteiger partial charge < -0.3 is 20.5 Å². The third kappa shape index (κ3) is 3.17. The van der Waals surface area contributed by atoms with E-state index in [1.807, 2.05) is 18.2 Å². The molecule has 164 valence electrons. The predicted molar refractivity (Wildman–Crippen MR) is 116 cm³/mol. The second kappa shape index (κ2) is 7.67. The van der Waals surface area contributed by atoms with Crippen molar-refractivity contribution in [2.24, 2.45) is 0 Å². The summed E-state index contributed by atoms with van der Waals surface area (Å²) in [5.74, 6) is 1.09. The molecule has 8 nitrogen and oxygen atoms in total. The standard InChI is InChI=1S/C23H22FN5O3/c1-31-18-8-7-12(11-19(18)32-2)13-9-16-20(17(30)10-13)21(14-5-3-4-6-15(14)24)29-23(26-16)27-22(25)28-29/h3-8,11,13,21H,9-10H2,1-2H3,(H3,25,26,27,28). The molecule has 2 unspecified atom stereocenters. The Bertz CT molecular complexity index is 1250. The summed E-state index contributed by atoms with van der Waals surface area (Å²) in [4.78, 5) is 17.7. The quantitative estimate of drug-likeness (QED) is 0.647. The maximum atomic E-state index is 14.8. The molecule has 0 radical (unpaired) electrons. The normalized spacial score (nSPS) is 19.8. The molecule has 0 fully saturated rings. The molecule has 0 saturated carbocycles. The molecule has 0 amide bonds. The van der Waals surface area contributed by atoms with E-state index >= 15 is 0 Å². The minimum Gasteiger partial charge on any atom is -0.493 e. The molecule has 0 saturated heterocycles. The fourth-order valence-electron chi connectivity index (χ4n) is 4.56. The highest BCUT2D eigenvalue weighted by atomic mass is 19.1. The molecular weight excluding hydrogens is 413 g/mol. The first-order valence-electron chi connectivity index (χ1n) is 10.2. The lowest BCUT2D eigenvalue weighted by atomic mass is 9.78. The van der Waals surface area contributed by atoms with Crippen LogP contribution >= 0.6 is 0 Å². The van der Waals surface area contributed by atoms with Gasteiger partial charge in [-0.05, 0) is 36.1 Å². The molecule has 2 atom stereocenters. The molecule has 32 heavy (non-hydrogen) atoms. The number of rotatable bonds is 4. The van der Waals surface area contributed by atoms with Crippen molar-refractivity contribution in [1.82, 2.24) is 14.8 Å². The van der Waals surface area contributed by atoms with E-state index < -0.39 is 11.9 Å². The summed E-state index contributed by atoms with van der Waals surface area (Å²) in [6.07, 6.45) is 0.828. The van der Waals surface area contributed by atoms with Gasteiger partial charge in [0.2, 0.25) is 11.9 Å². The van der Waals surface area contributed by atoms with Gasteiger partial charge in [-0.25, -0.2) is 9.07 Å². The number of nitrogen functional groups attached to an aromatic ring is 1. The van der Waals surface area contributed by atoms with Gasteiger partial charge in [0.1, 0.15) is 11.9 Å². The molecule has 0 bridgehead atoms. The maximum absolute atomic E-state index is 14.8. The number of hydrogen-bond donors (Lipinski definition) is 2. The predicted octanol–water partition coefficient (Wildman–Crippen LogP) is 3.43. The van der Waals surface area contributed by atoms with Crippen molar-refractivity contribution in [3.05, 3.63) is 70.7 Å². The summed E-state index contributed by atoms with van der Waals surface area (Å²) in [7, 11) is 3.16. The highest BCUT2D eigenvalue weighted by molar-refractivity contribution is 6.00. The number of nitrogens with one attached hydrogen (secondary N) is 1. The van der Waals surface area contributed by atoms with Crippen LogP contribution in [0.3, 0.4) is 0 Å². The van der Waals surface area contributed by atoms with Crippen molar-refractivity contribution < 1.29 is 18.7 Å². The third-order valence-electron chi connectivity index (χ3n) is 6.02. The van der Waals surface area contributed by atoms with Crippen LogP contribution in [0.15, 0.2) is 53.7 Å². The molecule has 0 spiro atoms. The van der Waals surface area contributed by atoms with E-state index in [4.69, 9.17) is 15.2 Å². The molecule has 1 aromatic heterocycles. The number of halogens is 1. The van der Waals surface area contributed by atoms with Gasteiger partial charge in [0, 0.05) is 23.3 Å². The van der Waals surface area contributed by atoms with Crippen LogP contribution in [0, 0.1) is 5.82 Å². The molecule has 1 aliphatic heterocycles. The Balaban J connectivity index is 1.59. The highest BCUT2D eigenvalue weighted by Gasteiger charge is 2.40. The van der Waals surface area contributed by atoms with Crippen LogP contribution in [0.1, 0.15) is 35.9 Å². The average Bonchev–Trinajstić information content (AvgIpc) is 3.17. The molecule has 5 rings (SSSR count). The van der Waals surface area contributed by atoms with E-state index in [0.717, 1.165) is 5.56 Å². The number of carbonyl (C=O) groups is 1. The maximum Gasteiger partial charge on any atom is 0.241 e. The Kier molecular flexibility index (Phi) is 4.80. The van der Waals surface area contributed by atoms with E-state index in [2.05, 4.69) is 15.4 Å². The lowest BCUT2D eigenvalue weighted by molar-refractivity contribution is -0.116. The van der Waals surface area contributed by atoms with E-state index in [1.165, 1.54) is 10.7 Å². The fourth-order valence-corrected chi connectivity index (χ4v) is 4.56. The van der Waals surface area contributed by atoms with E-state index in [-0.39, 0.29) is 24.1 Å². The van der Waals surface area contributed by atoms with Gasteiger partial charge in [0.05, 0.1) is 14.2 Å². The van der Waals surface area contributed by atoms with Crippen LogP contribution in [0.25, 0.3) is 0 Å². The summed E-state index contributed by atoms with van der Waals surface area (Å²) >= 11 is 0. The number of hydrogen-bond acceptors (Lipinski definition) is 7. The number of benzene rings is 2. The SMILES string of the molecule is COc1ccc(C2CC(=O)C3=C(C2)Nc2nc(N)nn2C3c2ccccc2F)cc1OC. The van der Waals surface area contributed by atoms with Gasteiger partial charge in [-0.3, -0.25) is 4.79 Å². The summed E-state index contributed by atoms with van der Waals surface area (Å²) < 4.78 is 27.0. The number of Topliss-reactive ketones (excluding diaryl/α,β-unsaturated/α-hetero) is 1. The number of carbonyl (C=O) groups excluding carboxylic acids is 1. The van der Waals surface area contributed by atoms with E-state index in [0.29, 0.717) is 40.7 Å². The smallest absolute Gasteiger partial charge is 0.241 e. The van der Waals surface area contributed by atoms with Crippen molar-refractivity contribution in [3.8, 4) is 11.5 Å². The minimum absolute atomic E-state index is 0.0533. The topological polar surface area (TPSA) is 104 Å². The molecule has 1 aliphatic carbocycles. The number of ketones is 1. The Labute approximate surface area is 183 Å². The Morgan fingerprint density at radius 1 is 1.12 bits per heavy atom. The van der Waals surface area contributed by atoms with Gasteiger partial charge in [0.15, 0.2) is 17.3 Å². The number of nitrogens with zero attached hydrogens (tertiary/aromatic N) is 3. The number of ether oxygens (including phenoxy) is 2. The number of allylic oxidation sites excluding steroid dienone is 2. The van der Waals surface area contributed by atoms with Gasteiger partial charge >= 0.3 is 0 Å². The second-order valence-electron chi connectivity index (χ2n) is 7.82. The molecule has 3 N–H and O–H groups in total. The van der Waals surface area contributed by atoms with Crippen LogP contribution in [0.2, 0.25) is 0 Å². The molecule has 3 aromatic rings. The Hall–Kier alpha value is -3.88. The largest absolute Gasteiger partial charge is 0.493 e. The molecule has 2 heterocycles. The summed E-state index contributed by atoms with van der Waals surface area (Å²) in [5, 5.41) is 7.44. The monoisotopic (exact) mass is 435 g/mol. The van der Waals surface area contributed by atoms with Crippen molar-refractivity contribution >= 4 is 17.7 Å². The van der Waals surface area contributed by atoms with Crippen molar-refractivity contribution in [2.45, 2.75) is 24.8 Å². The van der Waals surface area contributed by atoms with Gasteiger partial charge in [-0.15, -0.1) is 5.10 Å². The van der Waals surface area contributed by atoms with Crippen LogP contribution < -0.4 is 20.5 Å². The number of aromatic nitrogens is 3. The van der Waals surface area contributed by atoms with E-state index in [1.54, 1.807) is 32.4 Å². The number of anilines is 2. The summed E-state index contributed by atoms with van der Waals surface area (Å²) in [6.45, 7) is 0. The first-order chi connectivity index (χ1) is 15.5. The Morgan fingerprint density at radius 3 is 2.66 bits per heavy atom. The van der Waals surface area contributed by atoms with Gasteiger partial charge in [0.25, 0.3) is 0 Å². The number of nitrogens with two attached hydrogens (primary N) is 1. The van der Waals surface area contributed by atoms with Gasteiger partial charge in [-0.2, -0.15) is 4.98 Å². The zero-order valence-corrected chi connectivity index (χ0v) is 17.6. The molecule has 2 aliphatic rings. The third-order valence-corrected chi connectivity index (χ3v) is 6.02. The highest BCUT2D eigenvalue weighted by Crippen LogP contribution is 2.45. The van der Waals surface area contributed by atoms with Crippen molar-refractivity contribution in [1.29, 1.82) is 0 Å². The second-order valence-corrected chi connectivity index (χ2v) is 7.82.